The quantitative estimate of drug-likeness (QED) is 0.911. The lowest BCUT2D eigenvalue weighted by molar-refractivity contribution is 0.0791. The number of halogens is 1. The van der Waals surface area contributed by atoms with Gasteiger partial charge in [-0.25, -0.2) is 4.68 Å². The van der Waals surface area contributed by atoms with Gasteiger partial charge in [0.15, 0.2) is 0 Å². The van der Waals surface area contributed by atoms with Gasteiger partial charge in [0.05, 0.1) is 17.4 Å². The highest BCUT2D eigenvalue weighted by Gasteiger charge is 2.25. The first-order valence-corrected chi connectivity index (χ1v) is 6.39. The molecule has 5 nitrogen and oxygen atoms in total. The first kappa shape index (κ1) is 14.6. The van der Waals surface area contributed by atoms with Crippen molar-refractivity contribution in [1.29, 1.82) is 0 Å². The number of carbonyl (C=O) groups excluding carboxylic acids is 1. The van der Waals surface area contributed by atoms with Crippen molar-refractivity contribution >= 4 is 18.3 Å². The van der Waals surface area contributed by atoms with E-state index in [9.17, 15) is 4.79 Å². The molecule has 1 aliphatic rings. The van der Waals surface area contributed by atoms with Crippen molar-refractivity contribution in [2.45, 2.75) is 12.5 Å². The molecule has 0 unspecified atom stereocenters. The van der Waals surface area contributed by atoms with Crippen molar-refractivity contribution in [2.75, 3.05) is 13.1 Å². The predicted octanol–water partition coefficient (Wildman–Crippen LogP) is 1.47. The van der Waals surface area contributed by atoms with Crippen molar-refractivity contribution in [2.24, 2.45) is 5.73 Å². The Morgan fingerprint density at radius 3 is 2.70 bits per heavy atom. The summed E-state index contributed by atoms with van der Waals surface area (Å²) in [4.78, 5) is 14.0. The first-order chi connectivity index (χ1) is 9.24. The van der Waals surface area contributed by atoms with Gasteiger partial charge in [-0.3, -0.25) is 4.79 Å². The van der Waals surface area contributed by atoms with Gasteiger partial charge in [-0.15, -0.1) is 12.4 Å². The van der Waals surface area contributed by atoms with E-state index in [1.807, 2.05) is 30.3 Å². The van der Waals surface area contributed by atoms with Crippen LogP contribution in [0.4, 0.5) is 0 Å². The molecular formula is C14H17ClN4O. The molecule has 1 aliphatic heterocycles. The molecule has 1 fully saturated rings. The number of para-hydroxylation sites is 1. The SMILES string of the molecule is Cl.N[C@H]1CCN(C(=O)c2cnn(-c3ccccc3)c2)C1. The maximum absolute atomic E-state index is 12.3. The van der Waals surface area contributed by atoms with Crippen LogP contribution in [-0.2, 0) is 0 Å². The number of carbonyl (C=O) groups is 1. The van der Waals surface area contributed by atoms with Gasteiger partial charge in [-0.1, -0.05) is 18.2 Å². The Hall–Kier alpha value is -1.85. The second-order valence-electron chi connectivity index (χ2n) is 4.81. The van der Waals surface area contributed by atoms with Gasteiger partial charge in [-0.2, -0.15) is 5.10 Å². The maximum atomic E-state index is 12.3. The van der Waals surface area contributed by atoms with Crippen molar-refractivity contribution in [3.8, 4) is 5.69 Å². The molecule has 2 aromatic rings. The Labute approximate surface area is 123 Å². The minimum atomic E-state index is 0. The van der Waals surface area contributed by atoms with Crippen molar-refractivity contribution in [1.82, 2.24) is 14.7 Å². The van der Waals surface area contributed by atoms with Gasteiger partial charge in [0, 0.05) is 25.3 Å². The van der Waals surface area contributed by atoms with E-state index in [-0.39, 0.29) is 24.4 Å². The Kier molecular flexibility index (Phi) is 4.42. The number of nitrogens with two attached hydrogens (primary N) is 1. The molecule has 0 radical (unpaired) electrons. The average molecular weight is 293 g/mol. The highest BCUT2D eigenvalue weighted by molar-refractivity contribution is 5.94. The molecule has 6 heteroatoms. The van der Waals surface area contributed by atoms with Crippen molar-refractivity contribution in [3.05, 3.63) is 48.3 Å². The molecule has 20 heavy (non-hydrogen) atoms. The normalized spacial score (nSPS) is 17.9. The minimum Gasteiger partial charge on any atom is -0.337 e. The number of aromatic nitrogens is 2. The van der Waals surface area contributed by atoms with Crippen LogP contribution in [0.1, 0.15) is 16.8 Å². The second kappa shape index (κ2) is 6.07. The van der Waals surface area contributed by atoms with Crippen LogP contribution >= 0.6 is 12.4 Å². The Morgan fingerprint density at radius 1 is 1.30 bits per heavy atom. The summed E-state index contributed by atoms with van der Waals surface area (Å²) >= 11 is 0. The molecular weight excluding hydrogens is 276 g/mol. The van der Waals surface area contributed by atoms with E-state index in [1.165, 1.54) is 0 Å². The monoisotopic (exact) mass is 292 g/mol. The van der Waals surface area contributed by atoms with E-state index in [0.717, 1.165) is 18.7 Å². The molecule has 1 aromatic carbocycles. The molecule has 2 heterocycles. The molecule has 1 atom stereocenters. The first-order valence-electron chi connectivity index (χ1n) is 6.39. The number of benzene rings is 1. The molecule has 0 spiro atoms. The minimum absolute atomic E-state index is 0. The van der Waals surface area contributed by atoms with Gasteiger partial charge in [0.1, 0.15) is 0 Å². The lowest BCUT2D eigenvalue weighted by atomic mass is 10.3. The van der Waals surface area contributed by atoms with E-state index < -0.39 is 0 Å². The summed E-state index contributed by atoms with van der Waals surface area (Å²) in [6.45, 7) is 1.37. The lowest BCUT2D eigenvalue weighted by Crippen LogP contribution is -2.31. The zero-order chi connectivity index (χ0) is 13.2. The zero-order valence-electron chi connectivity index (χ0n) is 11.0. The largest absolute Gasteiger partial charge is 0.337 e. The van der Waals surface area contributed by atoms with E-state index in [2.05, 4.69) is 5.10 Å². The van der Waals surface area contributed by atoms with Crippen LogP contribution < -0.4 is 5.73 Å². The van der Waals surface area contributed by atoms with Crippen LogP contribution in [0.3, 0.4) is 0 Å². The molecule has 3 rings (SSSR count). The third kappa shape index (κ3) is 2.84. The second-order valence-corrected chi connectivity index (χ2v) is 4.81. The van der Waals surface area contributed by atoms with Crippen LogP contribution in [0.25, 0.3) is 5.69 Å². The molecule has 0 saturated carbocycles. The van der Waals surface area contributed by atoms with Crippen LogP contribution in [-0.4, -0.2) is 39.7 Å². The zero-order valence-corrected chi connectivity index (χ0v) is 11.8. The fraction of sp³-hybridized carbons (Fsp3) is 0.286. The predicted molar refractivity (Wildman–Crippen MR) is 79.3 cm³/mol. The third-order valence-electron chi connectivity index (χ3n) is 3.36. The summed E-state index contributed by atoms with van der Waals surface area (Å²) in [5.41, 5.74) is 7.38. The number of likely N-dealkylation sites (tertiary alicyclic amines) is 1. The highest BCUT2D eigenvalue weighted by atomic mass is 35.5. The molecule has 1 aromatic heterocycles. The van der Waals surface area contributed by atoms with Crippen molar-refractivity contribution < 1.29 is 4.79 Å². The summed E-state index contributed by atoms with van der Waals surface area (Å²) in [5.74, 6) is 0.00938. The topological polar surface area (TPSA) is 64.2 Å². The van der Waals surface area contributed by atoms with Crippen molar-refractivity contribution in [3.63, 3.8) is 0 Å². The van der Waals surface area contributed by atoms with E-state index in [4.69, 9.17) is 5.73 Å². The Balaban J connectivity index is 0.00000147. The third-order valence-corrected chi connectivity index (χ3v) is 3.36. The molecule has 0 bridgehead atoms. The summed E-state index contributed by atoms with van der Waals surface area (Å²) < 4.78 is 1.71. The molecule has 1 saturated heterocycles. The van der Waals surface area contributed by atoms with Gasteiger partial charge in [0.2, 0.25) is 0 Å². The number of hydrogen-bond acceptors (Lipinski definition) is 3. The van der Waals surface area contributed by atoms with E-state index >= 15 is 0 Å². The van der Waals surface area contributed by atoms with E-state index in [1.54, 1.807) is 22.0 Å². The highest BCUT2D eigenvalue weighted by Crippen LogP contribution is 2.13. The summed E-state index contributed by atoms with van der Waals surface area (Å²) in [6, 6.07) is 9.84. The molecule has 0 aliphatic carbocycles. The maximum Gasteiger partial charge on any atom is 0.257 e. The standard InChI is InChI=1S/C14H16N4O.ClH/c15-12-6-7-17(10-12)14(19)11-8-16-18(9-11)13-4-2-1-3-5-13;/h1-5,8-9,12H,6-7,10,15H2;1H/t12-;/m0./s1. The van der Waals surface area contributed by atoms with Crippen LogP contribution in [0, 0.1) is 0 Å². The van der Waals surface area contributed by atoms with Gasteiger partial charge >= 0.3 is 0 Å². The van der Waals surface area contributed by atoms with Gasteiger partial charge in [0.25, 0.3) is 5.91 Å². The van der Waals surface area contributed by atoms with Gasteiger partial charge < -0.3 is 10.6 Å². The molecule has 1 amide bonds. The number of rotatable bonds is 2. The van der Waals surface area contributed by atoms with Crippen LogP contribution in [0.2, 0.25) is 0 Å². The lowest BCUT2D eigenvalue weighted by Gasteiger charge is -2.14. The smallest absolute Gasteiger partial charge is 0.257 e. The Bertz CT molecular complexity index is 584. The summed E-state index contributed by atoms with van der Waals surface area (Å²) in [6.07, 6.45) is 4.25. The fourth-order valence-electron chi connectivity index (χ4n) is 2.31. The average Bonchev–Trinajstić information content (AvgIpc) is 3.08. The van der Waals surface area contributed by atoms with E-state index in [0.29, 0.717) is 12.1 Å². The van der Waals surface area contributed by atoms with Crippen LogP contribution in [0.5, 0.6) is 0 Å². The summed E-state index contributed by atoms with van der Waals surface area (Å²) in [5, 5.41) is 4.24. The fourth-order valence-corrected chi connectivity index (χ4v) is 2.31. The number of nitrogens with zero attached hydrogens (tertiary/aromatic N) is 3. The number of hydrogen-bond donors (Lipinski definition) is 1. The molecule has 2 N–H and O–H groups in total. The van der Waals surface area contributed by atoms with Gasteiger partial charge in [-0.05, 0) is 18.6 Å². The van der Waals surface area contributed by atoms with Crippen LogP contribution in [0.15, 0.2) is 42.7 Å². The Morgan fingerprint density at radius 2 is 2.05 bits per heavy atom. The molecule has 106 valence electrons. The number of amides is 1. The summed E-state index contributed by atoms with van der Waals surface area (Å²) in [7, 11) is 0.